The first-order valence-electron chi connectivity index (χ1n) is 3.60. The summed E-state index contributed by atoms with van der Waals surface area (Å²) in [4.78, 5) is 33.1. The molecule has 1 saturated heterocycles. The normalized spacial score (nSPS) is 27.2. The molecule has 1 aliphatic rings. The van der Waals surface area contributed by atoms with Gasteiger partial charge in [-0.25, -0.2) is 4.79 Å². The summed E-state index contributed by atoms with van der Waals surface area (Å²) in [6, 6.07) is 0. The lowest BCUT2D eigenvalue weighted by Gasteiger charge is -2.20. The van der Waals surface area contributed by atoms with Crippen LogP contribution in [0.15, 0.2) is 0 Å². The van der Waals surface area contributed by atoms with E-state index in [-0.39, 0.29) is 0 Å². The van der Waals surface area contributed by atoms with E-state index in [4.69, 9.17) is 5.11 Å². The second kappa shape index (κ2) is 3.14. The van der Waals surface area contributed by atoms with E-state index < -0.39 is 36.2 Å². The number of aliphatic hydroxyl groups is 1. The predicted octanol–water partition coefficient (Wildman–Crippen LogP) is -2.02. The third-order valence-electron chi connectivity index (χ3n) is 1.92. The number of carbonyl (C=O) groups excluding carboxylic acids is 3. The molecule has 0 aromatic carbocycles. The standard InChI is InChI=1S/C7H9NO5/c1-13-6(12)7(3-9)4(10)2-5(11)8-7/h9H,2-3H2,1H3,(H,8,11)/t7-/m1/s1. The number of methoxy groups -OCH3 is 1. The first kappa shape index (κ1) is 9.66. The smallest absolute Gasteiger partial charge is 0.341 e. The highest BCUT2D eigenvalue weighted by molar-refractivity contribution is 6.21. The van der Waals surface area contributed by atoms with E-state index in [1.165, 1.54) is 0 Å². The highest BCUT2D eigenvalue weighted by Crippen LogP contribution is 2.17. The number of hydrogen-bond donors (Lipinski definition) is 2. The monoisotopic (exact) mass is 187 g/mol. The van der Waals surface area contributed by atoms with E-state index in [9.17, 15) is 14.4 Å². The molecule has 0 spiro atoms. The lowest BCUT2D eigenvalue weighted by atomic mass is 9.98. The average molecular weight is 187 g/mol. The molecule has 0 saturated carbocycles. The van der Waals surface area contributed by atoms with Crippen molar-refractivity contribution in [3.63, 3.8) is 0 Å². The Labute approximate surface area is 73.9 Å². The summed E-state index contributed by atoms with van der Waals surface area (Å²) in [6.07, 6.45) is -0.393. The summed E-state index contributed by atoms with van der Waals surface area (Å²) in [5, 5.41) is 11.0. The Bertz CT molecular complexity index is 274. The Kier molecular flexibility index (Phi) is 2.33. The third kappa shape index (κ3) is 1.29. The van der Waals surface area contributed by atoms with Crippen LogP contribution in [-0.2, 0) is 19.1 Å². The molecule has 1 heterocycles. The zero-order valence-corrected chi connectivity index (χ0v) is 6.99. The molecule has 0 bridgehead atoms. The number of hydrogen-bond acceptors (Lipinski definition) is 5. The van der Waals surface area contributed by atoms with Crippen LogP contribution >= 0.6 is 0 Å². The first-order chi connectivity index (χ1) is 6.06. The Morgan fingerprint density at radius 3 is 2.62 bits per heavy atom. The third-order valence-corrected chi connectivity index (χ3v) is 1.92. The lowest BCUT2D eigenvalue weighted by Crippen LogP contribution is -2.57. The molecule has 1 fully saturated rings. The Morgan fingerprint density at radius 1 is 1.69 bits per heavy atom. The molecule has 72 valence electrons. The van der Waals surface area contributed by atoms with Crippen molar-refractivity contribution in [3.8, 4) is 0 Å². The van der Waals surface area contributed by atoms with Crippen LogP contribution in [0.5, 0.6) is 0 Å². The SMILES string of the molecule is COC(=O)[C@]1(CO)NC(=O)CC1=O. The predicted molar refractivity (Wildman–Crippen MR) is 39.6 cm³/mol. The van der Waals surface area contributed by atoms with Crippen LogP contribution in [0, 0.1) is 0 Å². The van der Waals surface area contributed by atoms with Crippen LogP contribution in [-0.4, -0.2) is 42.0 Å². The molecule has 1 rings (SSSR count). The molecule has 0 aromatic rings. The highest BCUT2D eigenvalue weighted by Gasteiger charge is 2.52. The van der Waals surface area contributed by atoms with E-state index in [0.717, 1.165) is 7.11 Å². The number of nitrogens with one attached hydrogen (secondary N) is 1. The fraction of sp³-hybridized carbons (Fsp3) is 0.571. The maximum Gasteiger partial charge on any atom is 0.341 e. The van der Waals surface area contributed by atoms with Gasteiger partial charge in [0, 0.05) is 0 Å². The summed E-state index contributed by atoms with van der Waals surface area (Å²) in [5.41, 5.74) is -1.87. The average Bonchev–Trinajstić information content (AvgIpc) is 2.40. The quantitative estimate of drug-likeness (QED) is 0.384. The van der Waals surface area contributed by atoms with Gasteiger partial charge in [-0.3, -0.25) is 9.59 Å². The van der Waals surface area contributed by atoms with Gasteiger partial charge in [-0.2, -0.15) is 0 Å². The number of Topliss-reactive ketones (excluding diaryl/α,β-unsaturated/α-hetero) is 1. The molecule has 0 aliphatic carbocycles. The maximum atomic E-state index is 11.2. The molecule has 1 aliphatic heterocycles. The fourth-order valence-electron chi connectivity index (χ4n) is 1.18. The van der Waals surface area contributed by atoms with Gasteiger partial charge in [0.25, 0.3) is 0 Å². The topological polar surface area (TPSA) is 92.7 Å². The maximum absolute atomic E-state index is 11.2. The van der Waals surface area contributed by atoms with Crippen molar-refractivity contribution >= 4 is 17.7 Å². The second-order valence-electron chi connectivity index (χ2n) is 2.70. The van der Waals surface area contributed by atoms with Gasteiger partial charge < -0.3 is 15.2 Å². The van der Waals surface area contributed by atoms with Crippen LogP contribution in [0.3, 0.4) is 0 Å². The second-order valence-corrected chi connectivity index (χ2v) is 2.70. The number of ketones is 1. The van der Waals surface area contributed by atoms with Gasteiger partial charge in [0.2, 0.25) is 11.4 Å². The van der Waals surface area contributed by atoms with Gasteiger partial charge in [0.1, 0.15) is 0 Å². The molecule has 0 radical (unpaired) electrons. The molecule has 1 amide bonds. The largest absolute Gasteiger partial charge is 0.467 e. The van der Waals surface area contributed by atoms with Crippen molar-refractivity contribution in [2.24, 2.45) is 0 Å². The molecule has 13 heavy (non-hydrogen) atoms. The molecule has 1 atom stereocenters. The number of carbonyl (C=O) groups is 3. The van der Waals surface area contributed by atoms with Gasteiger partial charge in [-0.05, 0) is 0 Å². The molecular weight excluding hydrogens is 178 g/mol. The van der Waals surface area contributed by atoms with Crippen LogP contribution in [0.2, 0.25) is 0 Å². The van der Waals surface area contributed by atoms with Gasteiger partial charge in [0.05, 0.1) is 20.1 Å². The summed E-state index contributed by atoms with van der Waals surface area (Å²) in [5.74, 6) is -2.18. The van der Waals surface area contributed by atoms with E-state index >= 15 is 0 Å². The van der Waals surface area contributed by atoms with E-state index in [0.29, 0.717) is 0 Å². The molecule has 2 N–H and O–H groups in total. The van der Waals surface area contributed by atoms with Gasteiger partial charge >= 0.3 is 5.97 Å². The number of amides is 1. The molecule has 0 aromatic heterocycles. The summed E-state index contributed by atoms with van der Waals surface area (Å²) in [7, 11) is 1.08. The lowest BCUT2D eigenvalue weighted by molar-refractivity contribution is -0.154. The fourth-order valence-corrected chi connectivity index (χ4v) is 1.18. The van der Waals surface area contributed by atoms with Gasteiger partial charge in [-0.15, -0.1) is 0 Å². The van der Waals surface area contributed by atoms with Crippen molar-refractivity contribution in [1.29, 1.82) is 0 Å². The van der Waals surface area contributed by atoms with E-state index in [1.54, 1.807) is 0 Å². The van der Waals surface area contributed by atoms with Crippen molar-refractivity contribution in [2.45, 2.75) is 12.0 Å². The van der Waals surface area contributed by atoms with E-state index in [2.05, 4.69) is 10.1 Å². The number of esters is 1. The summed E-state index contributed by atoms with van der Waals surface area (Å²) >= 11 is 0. The Balaban J connectivity index is 3.00. The molecule has 6 heteroatoms. The minimum Gasteiger partial charge on any atom is -0.467 e. The van der Waals surface area contributed by atoms with Crippen LogP contribution in [0.1, 0.15) is 6.42 Å². The number of ether oxygens (including phenoxy) is 1. The summed E-state index contributed by atoms with van der Waals surface area (Å²) < 4.78 is 4.31. The van der Waals surface area contributed by atoms with Crippen molar-refractivity contribution < 1.29 is 24.2 Å². The molecular formula is C7H9NO5. The molecule has 0 unspecified atom stereocenters. The van der Waals surface area contributed by atoms with Crippen LogP contribution in [0.25, 0.3) is 0 Å². The van der Waals surface area contributed by atoms with Crippen molar-refractivity contribution in [2.75, 3.05) is 13.7 Å². The highest BCUT2D eigenvalue weighted by atomic mass is 16.5. The van der Waals surface area contributed by atoms with Gasteiger partial charge in [0.15, 0.2) is 5.78 Å². The Morgan fingerprint density at radius 2 is 2.31 bits per heavy atom. The van der Waals surface area contributed by atoms with Crippen LogP contribution < -0.4 is 5.32 Å². The first-order valence-corrected chi connectivity index (χ1v) is 3.60. The number of rotatable bonds is 2. The Hall–Kier alpha value is -1.43. The number of aliphatic hydroxyl groups excluding tert-OH is 1. The van der Waals surface area contributed by atoms with Crippen molar-refractivity contribution in [1.82, 2.24) is 5.32 Å². The zero-order valence-electron chi connectivity index (χ0n) is 6.99. The summed E-state index contributed by atoms with van der Waals surface area (Å²) in [6.45, 7) is -0.774. The molecule has 6 nitrogen and oxygen atoms in total. The van der Waals surface area contributed by atoms with Crippen LogP contribution in [0.4, 0.5) is 0 Å². The van der Waals surface area contributed by atoms with Crippen molar-refractivity contribution in [3.05, 3.63) is 0 Å². The minimum absolute atomic E-state index is 0.393. The van der Waals surface area contributed by atoms with Gasteiger partial charge in [-0.1, -0.05) is 0 Å². The zero-order chi connectivity index (χ0) is 10.1. The van der Waals surface area contributed by atoms with E-state index in [1.807, 2.05) is 0 Å². The minimum atomic E-state index is -1.87.